The molecule has 4 nitrogen and oxygen atoms in total. The van der Waals surface area contributed by atoms with Crippen LogP contribution in [-0.2, 0) is 27.1 Å². The lowest BCUT2D eigenvalue weighted by atomic mass is 9.33. The zero-order chi connectivity index (χ0) is 56.3. The monoisotopic (exact) mass is 1040 g/mol. The van der Waals surface area contributed by atoms with Crippen molar-refractivity contribution in [1.82, 2.24) is 4.57 Å². The van der Waals surface area contributed by atoms with Crippen molar-refractivity contribution in [3.05, 3.63) is 209 Å². The summed E-state index contributed by atoms with van der Waals surface area (Å²) in [5.74, 6) is 0. The van der Waals surface area contributed by atoms with E-state index in [-0.39, 0.29) is 33.8 Å². The molecule has 0 spiro atoms. The van der Waals surface area contributed by atoms with E-state index in [9.17, 15) is 0 Å². The Hall–Kier alpha value is -7.76. The van der Waals surface area contributed by atoms with Crippen molar-refractivity contribution >= 4 is 96.1 Å². The predicted molar refractivity (Wildman–Crippen MR) is 347 cm³/mol. The maximum absolute atomic E-state index is 2.70. The molecule has 1 aromatic heterocycles. The van der Waals surface area contributed by atoms with E-state index < -0.39 is 0 Å². The molecule has 80 heavy (non-hydrogen) atoms. The van der Waals surface area contributed by atoms with Crippen molar-refractivity contribution in [3.63, 3.8) is 0 Å². The molecule has 0 aliphatic carbocycles. The van der Waals surface area contributed by atoms with E-state index in [0.717, 1.165) is 22.7 Å². The van der Waals surface area contributed by atoms with Gasteiger partial charge in [0, 0.05) is 50.5 Å². The standard InChI is InChI=1S/C75H77BN4/c1-46-38-64-68-65(39-46)80-66-43-51(74(11,12)13)41-58-57-40-50(73(8,9)10)30-37-62(57)79(69(58)66)67-44-52(75(14,15)16)42-60(70(67)80)76(68)59-36-35-55(45-63(59)78(64)54-33-28-49(29-34-54)72(5,6)7)77(53-31-26-48(27-32-53)71(2,3)4)61-25-21-20-24-56(61)47-22-18-17-19-23-47/h17-45H,1-16H3. The summed E-state index contributed by atoms with van der Waals surface area (Å²) < 4.78 is 2.65. The highest BCUT2D eigenvalue weighted by atomic mass is 15.2. The normalized spacial score (nSPS) is 13.9. The van der Waals surface area contributed by atoms with Crippen molar-refractivity contribution in [3.8, 4) is 16.8 Å². The number of benzene rings is 9. The van der Waals surface area contributed by atoms with Crippen LogP contribution in [0.15, 0.2) is 176 Å². The van der Waals surface area contributed by atoms with Crippen molar-refractivity contribution in [1.29, 1.82) is 0 Å². The van der Waals surface area contributed by atoms with Gasteiger partial charge in [-0.2, -0.15) is 0 Å². The van der Waals surface area contributed by atoms with Gasteiger partial charge < -0.3 is 19.3 Å². The summed E-state index contributed by atoms with van der Waals surface area (Å²) in [7, 11) is 0. The third kappa shape index (κ3) is 8.15. The van der Waals surface area contributed by atoms with Gasteiger partial charge in [0.1, 0.15) is 0 Å². The highest BCUT2D eigenvalue weighted by Gasteiger charge is 2.47. The van der Waals surface area contributed by atoms with Gasteiger partial charge in [-0.05, 0) is 174 Å². The molecule has 10 aromatic rings. The summed E-state index contributed by atoms with van der Waals surface area (Å²) in [6.45, 7) is 37.3. The Morgan fingerprint density at radius 3 is 1.56 bits per heavy atom. The first kappa shape index (κ1) is 51.7. The van der Waals surface area contributed by atoms with Crippen LogP contribution in [0.2, 0.25) is 0 Å². The number of hydrogen-bond acceptors (Lipinski definition) is 3. The molecule has 3 aliphatic heterocycles. The molecule has 3 aliphatic rings. The first-order valence-electron chi connectivity index (χ1n) is 29.1. The predicted octanol–water partition coefficient (Wildman–Crippen LogP) is 19.1. The molecule has 0 saturated carbocycles. The van der Waals surface area contributed by atoms with Crippen LogP contribution in [0.25, 0.3) is 38.6 Å². The lowest BCUT2D eigenvalue weighted by Crippen LogP contribution is -2.62. The second-order valence-electron chi connectivity index (χ2n) is 28.5. The van der Waals surface area contributed by atoms with E-state index in [4.69, 9.17) is 0 Å². The summed E-state index contributed by atoms with van der Waals surface area (Å²) >= 11 is 0. The Morgan fingerprint density at radius 2 is 0.925 bits per heavy atom. The van der Waals surface area contributed by atoms with Crippen molar-refractivity contribution in [2.24, 2.45) is 0 Å². The summed E-state index contributed by atoms with van der Waals surface area (Å²) in [6.07, 6.45) is 0. The van der Waals surface area contributed by atoms with E-state index >= 15 is 0 Å². The summed E-state index contributed by atoms with van der Waals surface area (Å²) in [5, 5.41) is 2.63. The molecule has 0 unspecified atom stereocenters. The molecular formula is C75H77BN4. The molecule has 9 aromatic carbocycles. The van der Waals surface area contributed by atoms with Crippen LogP contribution in [0.5, 0.6) is 0 Å². The van der Waals surface area contributed by atoms with E-state index in [0.29, 0.717) is 0 Å². The fourth-order valence-corrected chi connectivity index (χ4v) is 13.1. The number of nitrogens with zero attached hydrogens (tertiary/aromatic N) is 4. The van der Waals surface area contributed by atoms with Crippen molar-refractivity contribution < 1.29 is 0 Å². The van der Waals surface area contributed by atoms with Crippen LogP contribution < -0.4 is 31.1 Å². The summed E-state index contributed by atoms with van der Waals surface area (Å²) in [6, 6.07) is 68.4. The Balaban J connectivity index is 1.14. The Bertz CT molecular complexity index is 4140. The smallest absolute Gasteiger partial charge is 0.252 e. The summed E-state index contributed by atoms with van der Waals surface area (Å²) in [4.78, 5) is 7.80. The van der Waals surface area contributed by atoms with Gasteiger partial charge >= 0.3 is 0 Å². The van der Waals surface area contributed by atoms with Crippen LogP contribution >= 0.6 is 0 Å². The molecule has 0 atom stereocenters. The van der Waals surface area contributed by atoms with Crippen molar-refractivity contribution in [2.75, 3.05) is 14.7 Å². The molecular weight excluding hydrogens is 968 g/mol. The summed E-state index contributed by atoms with van der Waals surface area (Å²) in [5.41, 5.74) is 28.5. The quantitative estimate of drug-likeness (QED) is 0.160. The molecule has 0 radical (unpaired) electrons. The SMILES string of the molecule is Cc1cc2c3c(c1)N1c4c(cc(C(C)(C)C)cc4-n4c5ccc(C(C)(C)C)cc5c5cc(C(C)(C)C)cc1c54)B3c1ccc(N(c3ccc(C(C)(C)C)cc3)c3ccccc3-c3ccccc3)cc1N2c1ccc(C(C)(C)C)cc1. The zero-order valence-corrected chi connectivity index (χ0v) is 50.1. The van der Waals surface area contributed by atoms with Crippen LogP contribution in [0.3, 0.4) is 0 Å². The van der Waals surface area contributed by atoms with Gasteiger partial charge in [0.05, 0.1) is 33.8 Å². The van der Waals surface area contributed by atoms with Crippen molar-refractivity contribution in [2.45, 2.75) is 138 Å². The minimum Gasteiger partial charge on any atom is -0.311 e. The molecule has 0 N–H and O–H groups in total. The van der Waals surface area contributed by atoms with Gasteiger partial charge in [-0.25, -0.2) is 0 Å². The lowest BCUT2D eigenvalue weighted by molar-refractivity contribution is 0.590. The van der Waals surface area contributed by atoms with Gasteiger partial charge in [0.25, 0.3) is 6.71 Å². The van der Waals surface area contributed by atoms with E-state index in [1.807, 2.05) is 0 Å². The number of para-hydroxylation sites is 1. The topological polar surface area (TPSA) is 14.7 Å². The highest BCUT2D eigenvalue weighted by molar-refractivity contribution is 7.00. The molecule has 0 bridgehead atoms. The average Bonchev–Trinajstić information content (AvgIpc) is 3.75. The minimum absolute atomic E-state index is 0.00156. The molecule has 0 fully saturated rings. The maximum Gasteiger partial charge on any atom is 0.252 e. The first-order chi connectivity index (χ1) is 37.8. The van der Waals surface area contributed by atoms with Gasteiger partial charge in [-0.3, -0.25) is 0 Å². The average molecular weight is 1050 g/mol. The third-order valence-electron chi connectivity index (χ3n) is 17.7. The molecule has 13 rings (SSSR count). The van der Waals surface area contributed by atoms with E-state index in [1.165, 1.54) is 117 Å². The molecule has 0 saturated heterocycles. The fraction of sp³-hybridized carbons (Fsp3) is 0.280. The third-order valence-corrected chi connectivity index (χ3v) is 17.7. The second-order valence-corrected chi connectivity index (χ2v) is 28.5. The number of aromatic nitrogens is 1. The molecule has 0 amide bonds. The number of rotatable bonds is 5. The van der Waals surface area contributed by atoms with Gasteiger partial charge in [-0.15, -0.1) is 0 Å². The number of anilines is 9. The fourth-order valence-electron chi connectivity index (χ4n) is 13.1. The number of fused-ring (bicyclic) bond motifs is 9. The Kier molecular flexibility index (Phi) is 11.4. The zero-order valence-electron chi connectivity index (χ0n) is 50.1. The highest BCUT2D eigenvalue weighted by Crippen LogP contribution is 2.55. The molecule has 4 heterocycles. The van der Waals surface area contributed by atoms with Crippen LogP contribution in [0, 0.1) is 6.92 Å². The van der Waals surface area contributed by atoms with Gasteiger partial charge in [-0.1, -0.05) is 195 Å². The second kappa shape index (κ2) is 17.6. The van der Waals surface area contributed by atoms with Crippen LogP contribution in [-0.4, -0.2) is 11.3 Å². The number of hydrogen-bond donors (Lipinski definition) is 0. The van der Waals surface area contributed by atoms with Gasteiger partial charge in [0.15, 0.2) is 0 Å². The minimum atomic E-state index is -0.137. The Morgan fingerprint density at radius 1 is 0.388 bits per heavy atom. The number of aryl methyl sites for hydroxylation is 1. The lowest BCUT2D eigenvalue weighted by Gasteiger charge is -2.47. The van der Waals surface area contributed by atoms with Crippen LogP contribution in [0.1, 0.15) is 137 Å². The van der Waals surface area contributed by atoms with Crippen LogP contribution in [0.4, 0.5) is 51.2 Å². The van der Waals surface area contributed by atoms with Gasteiger partial charge in [0.2, 0.25) is 0 Å². The van der Waals surface area contributed by atoms with E-state index in [1.54, 1.807) is 0 Å². The first-order valence-corrected chi connectivity index (χ1v) is 29.1. The molecule has 400 valence electrons. The molecule has 5 heteroatoms. The Labute approximate surface area is 476 Å². The largest absolute Gasteiger partial charge is 0.311 e. The van der Waals surface area contributed by atoms with E-state index in [2.05, 4.69) is 306 Å². The maximum atomic E-state index is 2.70.